The first-order chi connectivity index (χ1) is 6.80. The summed E-state index contributed by atoms with van der Waals surface area (Å²) in [5.41, 5.74) is -0.304. The zero-order valence-corrected chi connectivity index (χ0v) is 9.54. The SMILES string of the molecule is CC1(C)[C@H]2CC[C@]1(C)C(=O)[C@@H]2CC(=O)O. The third kappa shape index (κ3) is 1.12. The van der Waals surface area contributed by atoms with E-state index in [1.165, 1.54) is 0 Å². The lowest BCUT2D eigenvalue weighted by Crippen LogP contribution is -2.33. The molecular weight excluding hydrogens is 192 g/mol. The van der Waals surface area contributed by atoms with Crippen molar-refractivity contribution in [2.45, 2.75) is 40.0 Å². The third-order valence-corrected chi connectivity index (χ3v) is 5.07. The first-order valence-electron chi connectivity index (χ1n) is 5.57. The van der Waals surface area contributed by atoms with Crippen molar-refractivity contribution >= 4 is 11.8 Å². The van der Waals surface area contributed by atoms with E-state index in [0.717, 1.165) is 12.8 Å². The average Bonchev–Trinajstić information content (AvgIpc) is 2.40. The highest BCUT2D eigenvalue weighted by Crippen LogP contribution is 2.66. The molecule has 2 fully saturated rings. The molecule has 3 nitrogen and oxygen atoms in total. The molecule has 2 saturated carbocycles. The van der Waals surface area contributed by atoms with Gasteiger partial charge in [-0.2, -0.15) is 0 Å². The first-order valence-corrected chi connectivity index (χ1v) is 5.57. The lowest BCUT2D eigenvalue weighted by Gasteiger charge is -2.32. The molecule has 2 bridgehead atoms. The molecule has 0 aromatic carbocycles. The average molecular weight is 210 g/mol. The molecule has 84 valence electrons. The van der Waals surface area contributed by atoms with Crippen LogP contribution in [0.4, 0.5) is 0 Å². The number of ketones is 1. The van der Waals surface area contributed by atoms with Crippen LogP contribution in [0.15, 0.2) is 0 Å². The summed E-state index contributed by atoms with van der Waals surface area (Å²) < 4.78 is 0. The van der Waals surface area contributed by atoms with Crippen LogP contribution >= 0.6 is 0 Å². The molecule has 2 aliphatic rings. The summed E-state index contributed by atoms with van der Waals surface area (Å²) in [6.07, 6.45) is 1.95. The number of aliphatic carboxylic acids is 1. The van der Waals surface area contributed by atoms with Gasteiger partial charge in [0.1, 0.15) is 5.78 Å². The zero-order chi connectivity index (χ0) is 11.4. The summed E-state index contributed by atoms with van der Waals surface area (Å²) in [6.45, 7) is 6.24. The second kappa shape index (κ2) is 2.83. The second-order valence-corrected chi connectivity index (χ2v) is 5.77. The van der Waals surface area contributed by atoms with Crippen molar-refractivity contribution in [2.24, 2.45) is 22.7 Å². The summed E-state index contributed by atoms with van der Waals surface area (Å²) in [5, 5.41) is 8.82. The molecule has 0 aromatic rings. The van der Waals surface area contributed by atoms with Crippen LogP contribution in [0.3, 0.4) is 0 Å². The summed E-state index contributed by atoms with van der Waals surface area (Å²) in [5.74, 6) is -0.631. The van der Waals surface area contributed by atoms with Gasteiger partial charge in [-0.15, -0.1) is 0 Å². The van der Waals surface area contributed by atoms with E-state index in [9.17, 15) is 9.59 Å². The van der Waals surface area contributed by atoms with Gasteiger partial charge in [-0.25, -0.2) is 0 Å². The summed E-state index contributed by atoms with van der Waals surface area (Å²) >= 11 is 0. The van der Waals surface area contributed by atoms with Gasteiger partial charge in [-0.3, -0.25) is 9.59 Å². The van der Waals surface area contributed by atoms with E-state index in [2.05, 4.69) is 13.8 Å². The minimum Gasteiger partial charge on any atom is -0.481 e. The van der Waals surface area contributed by atoms with Gasteiger partial charge < -0.3 is 5.11 Å². The fourth-order valence-electron chi connectivity index (χ4n) is 3.70. The number of carboxylic acids is 1. The Balaban J connectivity index is 2.34. The lowest BCUT2D eigenvalue weighted by atomic mass is 9.70. The Hall–Kier alpha value is -0.860. The number of carboxylic acid groups (broad SMARTS) is 1. The van der Waals surface area contributed by atoms with Crippen LogP contribution in [-0.4, -0.2) is 16.9 Å². The van der Waals surface area contributed by atoms with Crippen molar-refractivity contribution in [1.82, 2.24) is 0 Å². The molecule has 15 heavy (non-hydrogen) atoms. The topological polar surface area (TPSA) is 54.4 Å². The second-order valence-electron chi connectivity index (χ2n) is 5.77. The van der Waals surface area contributed by atoms with Crippen LogP contribution in [0.1, 0.15) is 40.0 Å². The number of carbonyl (C=O) groups is 2. The molecular formula is C12H18O3. The van der Waals surface area contributed by atoms with Gasteiger partial charge in [-0.1, -0.05) is 20.8 Å². The van der Waals surface area contributed by atoms with Gasteiger partial charge >= 0.3 is 5.97 Å². The number of hydrogen-bond donors (Lipinski definition) is 1. The van der Waals surface area contributed by atoms with Crippen molar-refractivity contribution in [3.63, 3.8) is 0 Å². The highest BCUT2D eigenvalue weighted by Gasteiger charge is 2.66. The van der Waals surface area contributed by atoms with Crippen LogP contribution in [-0.2, 0) is 9.59 Å². The number of hydrogen-bond acceptors (Lipinski definition) is 2. The van der Waals surface area contributed by atoms with Crippen LogP contribution in [0.2, 0.25) is 0 Å². The van der Waals surface area contributed by atoms with E-state index in [1.807, 2.05) is 6.92 Å². The van der Waals surface area contributed by atoms with Crippen molar-refractivity contribution in [3.05, 3.63) is 0 Å². The Morgan fingerprint density at radius 2 is 2.07 bits per heavy atom. The monoisotopic (exact) mass is 210 g/mol. The van der Waals surface area contributed by atoms with Crippen LogP contribution in [0.5, 0.6) is 0 Å². The Bertz CT molecular complexity index is 332. The summed E-state index contributed by atoms with van der Waals surface area (Å²) in [6, 6.07) is 0. The fourth-order valence-corrected chi connectivity index (χ4v) is 3.70. The van der Waals surface area contributed by atoms with Gasteiger partial charge in [0.2, 0.25) is 0 Å². The highest BCUT2D eigenvalue weighted by atomic mass is 16.4. The van der Waals surface area contributed by atoms with Gasteiger partial charge in [0.25, 0.3) is 0 Å². The van der Waals surface area contributed by atoms with Crippen LogP contribution in [0, 0.1) is 22.7 Å². The zero-order valence-electron chi connectivity index (χ0n) is 9.54. The van der Waals surface area contributed by atoms with Crippen molar-refractivity contribution in [1.29, 1.82) is 0 Å². The molecule has 0 aromatic heterocycles. The number of fused-ring (bicyclic) bond motifs is 2. The molecule has 2 aliphatic carbocycles. The Morgan fingerprint density at radius 1 is 1.47 bits per heavy atom. The van der Waals surface area contributed by atoms with E-state index in [4.69, 9.17) is 5.11 Å². The molecule has 0 heterocycles. The number of Topliss-reactive ketones (excluding diaryl/α,β-unsaturated/α-hetero) is 1. The van der Waals surface area contributed by atoms with E-state index in [1.54, 1.807) is 0 Å². The largest absolute Gasteiger partial charge is 0.481 e. The van der Waals surface area contributed by atoms with Crippen molar-refractivity contribution in [3.8, 4) is 0 Å². The van der Waals surface area contributed by atoms with Gasteiger partial charge in [0, 0.05) is 11.3 Å². The molecule has 0 saturated heterocycles. The molecule has 0 unspecified atom stereocenters. The number of rotatable bonds is 2. The Labute approximate surface area is 89.9 Å². The van der Waals surface area contributed by atoms with Crippen molar-refractivity contribution < 1.29 is 14.7 Å². The Kier molecular flexibility index (Phi) is 2.01. The maximum Gasteiger partial charge on any atom is 0.304 e. The van der Waals surface area contributed by atoms with Crippen molar-refractivity contribution in [2.75, 3.05) is 0 Å². The molecule has 0 aliphatic heterocycles. The molecule has 3 heteroatoms. The molecule has 0 amide bonds. The van der Waals surface area contributed by atoms with Crippen LogP contribution < -0.4 is 0 Å². The van der Waals surface area contributed by atoms with E-state index in [0.29, 0.717) is 0 Å². The molecule has 1 N–H and O–H groups in total. The normalized spacial score (nSPS) is 42.2. The molecule has 3 atom stereocenters. The minimum absolute atomic E-state index is 0.0164. The van der Waals surface area contributed by atoms with E-state index in [-0.39, 0.29) is 34.9 Å². The number of carbonyl (C=O) groups excluding carboxylic acids is 1. The molecule has 0 radical (unpaired) electrons. The van der Waals surface area contributed by atoms with Gasteiger partial charge in [0.15, 0.2) is 0 Å². The maximum atomic E-state index is 12.2. The van der Waals surface area contributed by atoms with E-state index < -0.39 is 5.97 Å². The van der Waals surface area contributed by atoms with Gasteiger partial charge in [0.05, 0.1) is 6.42 Å². The first kappa shape index (κ1) is 10.7. The highest BCUT2D eigenvalue weighted by molar-refractivity contribution is 5.93. The predicted molar refractivity (Wildman–Crippen MR) is 55.4 cm³/mol. The summed E-state index contributed by atoms with van der Waals surface area (Å²) in [7, 11) is 0. The fraction of sp³-hybridized carbons (Fsp3) is 0.833. The standard InChI is InChI=1S/C12H18O3/c1-11(2)8-4-5-12(11,3)10(15)7(8)6-9(13)14/h7-8H,4-6H2,1-3H3,(H,13,14)/t7-,8+,12-/m1/s1. The smallest absolute Gasteiger partial charge is 0.304 e. The summed E-state index contributed by atoms with van der Waals surface area (Å²) in [4.78, 5) is 22.9. The third-order valence-electron chi connectivity index (χ3n) is 5.07. The minimum atomic E-state index is -0.847. The van der Waals surface area contributed by atoms with Crippen LogP contribution in [0.25, 0.3) is 0 Å². The van der Waals surface area contributed by atoms with Gasteiger partial charge in [-0.05, 0) is 24.2 Å². The maximum absolute atomic E-state index is 12.2. The quantitative estimate of drug-likeness (QED) is 0.759. The van der Waals surface area contributed by atoms with E-state index >= 15 is 0 Å². The predicted octanol–water partition coefficient (Wildman–Crippen LogP) is 2.10. The molecule has 2 rings (SSSR count). The Morgan fingerprint density at radius 3 is 2.47 bits per heavy atom. The lowest BCUT2D eigenvalue weighted by molar-refractivity contribution is -0.142. The molecule has 0 spiro atoms.